The van der Waals surface area contributed by atoms with E-state index in [1.807, 2.05) is 13.8 Å². The number of rotatable bonds is 36. The first-order valence-electron chi connectivity index (χ1n) is 18.8. The Balaban J connectivity index is 2.05. The van der Waals surface area contributed by atoms with Crippen molar-refractivity contribution in [1.29, 1.82) is 0 Å². The first kappa shape index (κ1) is 50.2. The largest absolute Gasteiger partial charge is 0.392 e. The molecule has 0 aliphatic heterocycles. The van der Waals surface area contributed by atoms with Crippen LogP contribution in [0.4, 0.5) is 5.69 Å². The SMILES string of the molecule is COCCOCCOCCOCCOCCOCCOCCOCCC(=O)NC(CC(C)C)C(=O)NCC(=O)NCC(=O)NCC(=O)Nc1ccc(CO)cc1. The van der Waals surface area contributed by atoms with Gasteiger partial charge in [-0.25, -0.2) is 0 Å². The molecule has 1 rings (SSSR count). The molecule has 5 amide bonds. The summed E-state index contributed by atoms with van der Waals surface area (Å²) in [7, 11) is 1.63. The van der Waals surface area contributed by atoms with Crippen molar-refractivity contribution in [2.45, 2.75) is 39.3 Å². The van der Waals surface area contributed by atoms with Crippen molar-refractivity contribution in [3.8, 4) is 0 Å². The van der Waals surface area contributed by atoms with Gasteiger partial charge in [-0.05, 0) is 30.0 Å². The minimum absolute atomic E-state index is 0.0263. The number of carbonyl (C=O) groups is 5. The van der Waals surface area contributed by atoms with Gasteiger partial charge in [0.15, 0.2) is 0 Å². The van der Waals surface area contributed by atoms with Crippen LogP contribution in [0, 0.1) is 5.92 Å². The molecular weight excluding hydrogens is 738 g/mol. The molecule has 320 valence electrons. The van der Waals surface area contributed by atoms with E-state index in [1.54, 1.807) is 31.4 Å². The van der Waals surface area contributed by atoms with Gasteiger partial charge < -0.3 is 69.6 Å². The molecule has 0 spiro atoms. The van der Waals surface area contributed by atoms with E-state index in [1.165, 1.54) is 0 Å². The number of amides is 5. The number of anilines is 1. The molecule has 0 fully saturated rings. The van der Waals surface area contributed by atoms with E-state index in [-0.39, 0.29) is 44.6 Å². The Bertz CT molecular complexity index is 1210. The number of benzene rings is 1. The summed E-state index contributed by atoms with van der Waals surface area (Å²) in [6, 6.07) is 5.67. The Kier molecular flexibility index (Phi) is 30.9. The third-order valence-electron chi connectivity index (χ3n) is 7.23. The fraction of sp³-hybridized carbons (Fsp3) is 0.703. The summed E-state index contributed by atoms with van der Waals surface area (Å²) in [6.45, 7) is 8.96. The molecule has 19 heteroatoms. The van der Waals surface area contributed by atoms with Gasteiger partial charge in [-0.2, -0.15) is 0 Å². The van der Waals surface area contributed by atoms with E-state index < -0.39 is 42.8 Å². The van der Waals surface area contributed by atoms with Gasteiger partial charge in [0.05, 0.1) is 125 Å². The Labute approximate surface area is 329 Å². The summed E-state index contributed by atoms with van der Waals surface area (Å²) in [4.78, 5) is 61.6. The maximum absolute atomic E-state index is 12.8. The lowest BCUT2D eigenvalue weighted by Crippen LogP contribution is -2.50. The molecule has 0 aromatic heterocycles. The predicted molar refractivity (Wildman–Crippen MR) is 204 cm³/mol. The van der Waals surface area contributed by atoms with Gasteiger partial charge in [-0.3, -0.25) is 24.0 Å². The van der Waals surface area contributed by atoms with Crippen molar-refractivity contribution in [2.75, 3.05) is 131 Å². The zero-order valence-corrected chi connectivity index (χ0v) is 33.1. The molecule has 0 aliphatic rings. The average Bonchev–Trinajstić information content (AvgIpc) is 3.18. The monoisotopic (exact) mass is 801 g/mol. The summed E-state index contributed by atoms with van der Waals surface area (Å²) in [6.07, 6.45) is 0.370. The van der Waals surface area contributed by atoms with Crippen LogP contribution in [0.15, 0.2) is 24.3 Å². The first-order chi connectivity index (χ1) is 27.1. The highest BCUT2D eigenvalue weighted by Gasteiger charge is 2.22. The molecule has 0 saturated carbocycles. The lowest BCUT2D eigenvalue weighted by atomic mass is 10.0. The molecule has 0 heterocycles. The van der Waals surface area contributed by atoms with Crippen molar-refractivity contribution in [3.05, 3.63) is 29.8 Å². The van der Waals surface area contributed by atoms with E-state index in [0.717, 1.165) is 0 Å². The zero-order chi connectivity index (χ0) is 41.1. The Morgan fingerprint density at radius 1 is 0.554 bits per heavy atom. The van der Waals surface area contributed by atoms with Crippen LogP contribution in [0.1, 0.15) is 32.3 Å². The van der Waals surface area contributed by atoms with Crippen molar-refractivity contribution < 1.29 is 67.0 Å². The van der Waals surface area contributed by atoms with E-state index in [0.29, 0.717) is 104 Å². The molecule has 1 aromatic carbocycles. The lowest BCUT2D eigenvalue weighted by molar-refractivity contribution is -0.131. The Hall–Kier alpha value is -3.79. The van der Waals surface area contributed by atoms with Gasteiger partial charge in [0, 0.05) is 19.2 Å². The number of ether oxygens (including phenoxy) is 8. The second-order valence-electron chi connectivity index (χ2n) is 12.5. The number of aliphatic hydroxyl groups excluding tert-OH is 1. The molecule has 0 aliphatic carbocycles. The second kappa shape index (κ2) is 34.5. The van der Waals surface area contributed by atoms with E-state index in [4.69, 9.17) is 43.0 Å². The van der Waals surface area contributed by atoms with Crippen LogP contribution in [-0.4, -0.2) is 167 Å². The van der Waals surface area contributed by atoms with Crippen molar-refractivity contribution in [2.24, 2.45) is 5.92 Å². The van der Waals surface area contributed by atoms with Gasteiger partial charge in [0.2, 0.25) is 29.5 Å². The normalized spacial score (nSPS) is 11.6. The standard InChI is InChI=1S/C37H63N5O14/c1-29(2)24-32(37(48)40-26-35(46)38-25-34(45)39-27-36(47)41-31-6-4-30(28-43)5-7-31)42-33(44)8-9-50-12-13-52-16-17-54-20-21-56-23-22-55-19-18-53-15-14-51-11-10-49-3/h4-7,29,32,43H,8-28H2,1-3H3,(H,38,46)(H,39,45)(H,40,48)(H,41,47)(H,42,44). The molecular formula is C37H63N5O14. The highest BCUT2D eigenvalue weighted by atomic mass is 16.6. The van der Waals surface area contributed by atoms with Crippen molar-refractivity contribution >= 4 is 35.2 Å². The average molecular weight is 802 g/mol. The van der Waals surface area contributed by atoms with Crippen LogP contribution in [-0.2, 0) is 68.5 Å². The maximum Gasteiger partial charge on any atom is 0.243 e. The number of nitrogens with one attached hydrogen (secondary N) is 5. The molecule has 0 bridgehead atoms. The topological polar surface area (TPSA) is 240 Å². The van der Waals surface area contributed by atoms with Crippen LogP contribution in [0.25, 0.3) is 0 Å². The van der Waals surface area contributed by atoms with Gasteiger partial charge in [-0.1, -0.05) is 26.0 Å². The van der Waals surface area contributed by atoms with Crippen molar-refractivity contribution in [1.82, 2.24) is 21.3 Å². The van der Waals surface area contributed by atoms with E-state index in [2.05, 4.69) is 26.6 Å². The van der Waals surface area contributed by atoms with Crippen LogP contribution >= 0.6 is 0 Å². The van der Waals surface area contributed by atoms with Crippen LogP contribution < -0.4 is 26.6 Å². The number of methoxy groups -OCH3 is 1. The molecule has 6 N–H and O–H groups in total. The van der Waals surface area contributed by atoms with Gasteiger partial charge in [0.1, 0.15) is 6.04 Å². The van der Waals surface area contributed by atoms with Gasteiger partial charge in [-0.15, -0.1) is 0 Å². The molecule has 19 nitrogen and oxygen atoms in total. The summed E-state index contributed by atoms with van der Waals surface area (Å²) >= 11 is 0. The molecule has 56 heavy (non-hydrogen) atoms. The number of hydrogen-bond acceptors (Lipinski definition) is 14. The zero-order valence-electron chi connectivity index (χ0n) is 33.1. The quantitative estimate of drug-likeness (QED) is 0.0454. The van der Waals surface area contributed by atoms with E-state index >= 15 is 0 Å². The third kappa shape index (κ3) is 29.5. The van der Waals surface area contributed by atoms with Crippen LogP contribution in [0.5, 0.6) is 0 Å². The van der Waals surface area contributed by atoms with Gasteiger partial charge in [0.25, 0.3) is 0 Å². The summed E-state index contributed by atoms with van der Waals surface area (Å²) in [5.41, 5.74) is 1.19. The fourth-order valence-corrected chi connectivity index (χ4v) is 4.37. The summed E-state index contributed by atoms with van der Waals surface area (Å²) in [5, 5.41) is 21.6. The number of aliphatic hydroxyl groups is 1. The van der Waals surface area contributed by atoms with Gasteiger partial charge >= 0.3 is 0 Å². The Morgan fingerprint density at radius 3 is 1.39 bits per heavy atom. The van der Waals surface area contributed by atoms with E-state index in [9.17, 15) is 24.0 Å². The minimum Gasteiger partial charge on any atom is -0.392 e. The summed E-state index contributed by atoms with van der Waals surface area (Å²) < 4.78 is 42.8. The minimum atomic E-state index is -0.869. The fourth-order valence-electron chi connectivity index (χ4n) is 4.37. The van der Waals surface area contributed by atoms with Crippen molar-refractivity contribution in [3.63, 3.8) is 0 Å². The smallest absolute Gasteiger partial charge is 0.243 e. The summed E-state index contributed by atoms with van der Waals surface area (Å²) in [5.74, 6) is -2.55. The van der Waals surface area contributed by atoms with Crippen LogP contribution in [0.3, 0.4) is 0 Å². The highest BCUT2D eigenvalue weighted by molar-refractivity contribution is 5.95. The first-order valence-corrected chi connectivity index (χ1v) is 18.8. The maximum atomic E-state index is 12.8. The second-order valence-corrected chi connectivity index (χ2v) is 12.5. The molecule has 0 radical (unpaired) electrons. The Morgan fingerprint density at radius 2 is 0.964 bits per heavy atom. The van der Waals surface area contributed by atoms with Crippen LogP contribution in [0.2, 0.25) is 0 Å². The number of carbonyl (C=O) groups excluding carboxylic acids is 5. The molecule has 1 atom stereocenters. The highest BCUT2D eigenvalue weighted by Crippen LogP contribution is 2.09. The molecule has 1 aromatic rings. The molecule has 1 unspecified atom stereocenters. The third-order valence-corrected chi connectivity index (χ3v) is 7.23. The molecule has 0 saturated heterocycles. The number of hydrogen-bond donors (Lipinski definition) is 6. The lowest BCUT2D eigenvalue weighted by Gasteiger charge is -2.20. The predicted octanol–water partition coefficient (Wildman–Crippen LogP) is -0.850.